The second-order valence-electron chi connectivity index (χ2n) is 6.66. The highest BCUT2D eigenvalue weighted by Crippen LogP contribution is 2.41. The van der Waals surface area contributed by atoms with Crippen LogP contribution in [0.15, 0.2) is 30.3 Å². The Morgan fingerprint density at radius 3 is 2.63 bits per heavy atom. The van der Waals surface area contributed by atoms with Crippen LogP contribution in [0.25, 0.3) is 0 Å². The Labute approximate surface area is 117 Å². The normalized spacial score (nSPS) is 22.4. The van der Waals surface area contributed by atoms with Crippen molar-refractivity contribution in [2.75, 3.05) is 0 Å². The summed E-state index contributed by atoms with van der Waals surface area (Å²) < 4.78 is 0. The SMILES string of the molecule is CC1(C)CCC(=O)C[C@@H]1CCCCc1ccccc1. The molecule has 104 valence electrons. The van der Waals surface area contributed by atoms with Gasteiger partial charge in [0.2, 0.25) is 0 Å². The number of benzene rings is 1. The maximum Gasteiger partial charge on any atom is 0.133 e. The van der Waals surface area contributed by atoms with E-state index in [1.165, 1.54) is 31.2 Å². The number of Topliss-reactive ketones (excluding diaryl/α,β-unsaturated/α-hetero) is 1. The molecule has 0 unspecified atom stereocenters. The van der Waals surface area contributed by atoms with E-state index in [2.05, 4.69) is 44.2 Å². The van der Waals surface area contributed by atoms with Gasteiger partial charge in [0.25, 0.3) is 0 Å². The number of hydrogen-bond acceptors (Lipinski definition) is 1. The van der Waals surface area contributed by atoms with Gasteiger partial charge in [0.15, 0.2) is 0 Å². The van der Waals surface area contributed by atoms with E-state index in [1.807, 2.05) is 0 Å². The van der Waals surface area contributed by atoms with Gasteiger partial charge in [0.05, 0.1) is 0 Å². The highest BCUT2D eigenvalue weighted by Gasteiger charge is 2.34. The van der Waals surface area contributed by atoms with Crippen molar-refractivity contribution >= 4 is 5.78 Å². The Morgan fingerprint density at radius 1 is 1.16 bits per heavy atom. The Bertz CT molecular complexity index is 405. The van der Waals surface area contributed by atoms with Crippen LogP contribution in [0.1, 0.15) is 57.9 Å². The molecular weight excluding hydrogens is 232 g/mol. The van der Waals surface area contributed by atoms with Crippen LogP contribution in [-0.4, -0.2) is 5.78 Å². The van der Waals surface area contributed by atoms with Crippen molar-refractivity contribution in [3.8, 4) is 0 Å². The lowest BCUT2D eigenvalue weighted by Gasteiger charge is -2.38. The second-order valence-corrected chi connectivity index (χ2v) is 6.66. The summed E-state index contributed by atoms with van der Waals surface area (Å²) in [4.78, 5) is 11.6. The van der Waals surface area contributed by atoms with Crippen molar-refractivity contribution in [1.29, 1.82) is 0 Å². The van der Waals surface area contributed by atoms with E-state index in [-0.39, 0.29) is 0 Å². The Balaban J connectivity index is 1.74. The minimum Gasteiger partial charge on any atom is -0.300 e. The zero-order chi connectivity index (χ0) is 13.7. The number of ketones is 1. The predicted octanol–water partition coefficient (Wildman–Crippen LogP) is 4.79. The van der Waals surface area contributed by atoms with E-state index < -0.39 is 0 Å². The van der Waals surface area contributed by atoms with Crippen LogP contribution in [0.2, 0.25) is 0 Å². The molecule has 0 aromatic heterocycles. The summed E-state index contributed by atoms with van der Waals surface area (Å²) in [5.74, 6) is 1.08. The van der Waals surface area contributed by atoms with Crippen LogP contribution in [0.4, 0.5) is 0 Å². The number of aryl methyl sites for hydroxylation is 1. The maximum atomic E-state index is 11.6. The minimum absolute atomic E-state index is 0.362. The van der Waals surface area contributed by atoms with Crippen LogP contribution in [-0.2, 0) is 11.2 Å². The molecule has 0 saturated heterocycles. The molecule has 1 saturated carbocycles. The molecular formula is C18H26O. The monoisotopic (exact) mass is 258 g/mol. The van der Waals surface area contributed by atoms with E-state index in [0.717, 1.165) is 19.3 Å². The molecule has 0 radical (unpaired) electrons. The van der Waals surface area contributed by atoms with Crippen molar-refractivity contribution in [1.82, 2.24) is 0 Å². The summed E-state index contributed by atoms with van der Waals surface area (Å²) in [7, 11) is 0. The molecule has 1 aliphatic rings. The maximum absolute atomic E-state index is 11.6. The fourth-order valence-corrected chi connectivity index (χ4v) is 3.18. The van der Waals surface area contributed by atoms with Crippen LogP contribution in [0.5, 0.6) is 0 Å². The zero-order valence-electron chi connectivity index (χ0n) is 12.3. The average molecular weight is 258 g/mol. The van der Waals surface area contributed by atoms with Gasteiger partial charge in [0, 0.05) is 12.8 Å². The summed E-state index contributed by atoms with van der Waals surface area (Å²) in [6.07, 6.45) is 7.57. The summed E-state index contributed by atoms with van der Waals surface area (Å²) in [6.45, 7) is 4.67. The van der Waals surface area contributed by atoms with Crippen LogP contribution < -0.4 is 0 Å². The lowest BCUT2D eigenvalue weighted by Crippen LogP contribution is -2.32. The first-order valence-electron chi connectivity index (χ1n) is 7.63. The van der Waals surface area contributed by atoms with E-state index in [1.54, 1.807) is 0 Å². The van der Waals surface area contributed by atoms with Gasteiger partial charge < -0.3 is 0 Å². The van der Waals surface area contributed by atoms with E-state index in [4.69, 9.17) is 0 Å². The molecule has 0 aliphatic heterocycles. The van der Waals surface area contributed by atoms with Crippen molar-refractivity contribution in [3.63, 3.8) is 0 Å². The van der Waals surface area contributed by atoms with Crippen molar-refractivity contribution in [2.45, 2.75) is 58.8 Å². The molecule has 0 N–H and O–H groups in total. The van der Waals surface area contributed by atoms with Crippen molar-refractivity contribution < 1.29 is 4.79 Å². The van der Waals surface area contributed by atoms with Gasteiger partial charge >= 0.3 is 0 Å². The van der Waals surface area contributed by atoms with Gasteiger partial charge in [0.1, 0.15) is 5.78 Å². The number of carbonyl (C=O) groups is 1. The molecule has 1 aromatic carbocycles. The molecule has 0 heterocycles. The smallest absolute Gasteiger partial charge is 0.133 e. The predicted molar refractivity (Wildman–Crippen MR) is 80.1 cm³/mol. The first kappa shape index (κ1) is 14.3. The molecule has 0 bridgehead atoms. The highest BCUT2D eigenvalue weighted by atomic mass is 16.1. The number of carbonyl (C=O) groups excluding carboxylic acids is 1. The molecule has 1 heteroatoms. The van der Waals surface area contributed by atoms with Gasteiger partial charge in [-0.2, -0.15) is 0 Å². The van der Waals surface area contributed by atoms with Crippen molar-refractivity contribution in [3.05, 3.63) is 35.9 Å². The molecule has 0 spiro atoms. The Kier molecular flexibility index (Phi) is 4.79. The standard InChI is InChI=1S/C18H26O/c1-18(2)13-12-17(19)14-16(18)11-7-6-10-15-8-4-3-5-9-15/h3-5,8-9,16H,6-7,10-14H2,1-2H3/t16-/m0/s1. The van der Waals surface area contributed by atoms with Gasteiger partial charge in [-0.05, 0) is 42.6 Å². The molecule has 1 aliphatic carbocycles. The van der Waals surface area contributed by atoms with Gasteiger partial charge in [-0.3, -0.25) is 4.79 Å². The third kappa shape index (κ3) is 4.19. The number of rotatable bonds is 5. The third-order valence-electron chi connectivity index (χ3n) is 4.74. The molecule has 1 atom stereocenters. The molecule has 2 rings (SSSR count). The zero-order valence-corrected chi connectivity index (χ0v) is 12.3. The average Bonchev–Trinajstić information content (AvgIpc) is 2.40. The summed E-state index contributed by atoms with van der Waals surface area (Å²) >= 11 is 0. The minimum atomic E-state index is 0.362. The molecule has 1 aromatic rings. The van der Waals surface area contributed by atoms with Crippen LogP contribution in [0.3, 0.4) is 0 Å². The van der Waals surface area contributed by atoms with E-state index in [9.17, 15) is 4.79 Å². The van der Waals surface area contributed by atoms with Crippen molar-refractivity contribution in [2.24, 2.45) is 11.3 Å². The van der Waals surface area contributed by atoms with Gasteiger partial charge in [-0.15, -0.1) is 0 Å². The van der Waals surface area contributed by atoms with E-state index >= 15 is 0 Å². The molecule has 1 nitrogen and oxygen atoms in total. The molecule has 0 amide bonds. The lowest BCUT2D eigenvalue weighted by atomic mass is 9.67. The first-order valence-corrected chi connectivity index (χ1v) is 7.63. The third-order valence-corrected chi connectivity index (χ3v) is 4.74. The lowest BCUT2D eigenvalue weighted by molar-refractivity contribution is -0.124. The Hall–Kier alpha value is -1.11. The molecule has 1 fully saturated rings. The first-order chi connectivity index (χ1) is 9.08. The topological polar surface area (TPSA) is 17.1 Å². The number of unbranched alkanes of at least 4 members (excludes halogenated alkanes) is 1. The van der Waals surface area contributed by atoms with Gasteiger partial charge in [-0.1, -0.05) is 50.6 Å². The quantitative estimate of drug-likeness (QED) is 0.694. The largest absolute Gasteiger partial charge is 0.300 e. The summed E-state index contributed by atoms with van der Waals surface area (Å²) in [6, 6.07) is 10.7. The van der Waals surface area contributed by atoms with Crippen LogP contribution in [0, 0.1) is 11.3 Å². The fourth-order valence-electron chi connectivity index (χ4n) is 3.18. The number of hydrogen-bond donors (Lipinski definition) is 0. The second kappa shape index (κ2) is 6.36. The summed E-state index contributed by atoms with van der Waals surface area (Å²) in [5, 5.41) is 0. The van der Waals surface area contributed by atoms with Crippen LogP contribution >= 0.6 is 0 Å². The Morgan fingerprint density at radius 2 is 1.89 bits per heavy atom. The summed E-state index contributed by atoms with van der Waals surface area (Å²) in [5.41, 5.74) is 1.79. The van der Waals surface area contributed by atoms with E-state index in [0.29, 0.717) is 17.1 Å². The fraction of sp³-hybridized carbons (Fsp3) is 0.611. The molecule has 19 heavy (non-hydrogen) atoms. The van der Waals surface area contributed by atoms with Gasteiger partial charge in [-0.25, -0.2) is 0 Å². The highest BCUT2D eigenvalue weighted by molar-refractivity contribution is 5.79.